The van der Waals surface area contributed by atoms with Crippen molar-refractivity contribution < 1.29 is 19.1 Å². The van der Waals surface area contributed by atoms with Gasteiger partial charge in [0.25, 0.3) is 0 Å². The van der Waals surface area contributed by atoms with Crippen molar-refractivity contribution >= 4 is 12.1 Å². The summed E-state index contributed by atoms with van der Waals surface area (Å²) in [6, 6.07) is -0.569. The highest BCUT2D eigenvalue weighted by Gasteiger charge is 2.32. The molecule has 0 aromatic heterocycles. The Morgan fingerprint density at radius 3 is 1.72 bits per heavy atom. The smallest absolute Gasteiger partial charge is 0.407 e. The minimum atomic E-state index is -0.569. The van der Waals surface area contributed by atoms with Crippen LogP contribution in [0.2, 0.25) is 0 Å². The number of carbonyl (C=O) groups excluding carboxylic acids is 2. The zero-order valence-electron chi connectivity index (χ0n) is 21.1. The summed E-state index contributed by atoms with van der Waals surface area (Å²) in [4.78, 5) is 24.5. The van der Waals surface area contributed by atoms with Crippen molar-refractivity contribution in [1.29, 1.82) is 0 Å². The lowest BCUT2D eigenvalue weighted by Crippen LogP contribution is -2.47. The second-order valence-electron chi connectivity index (χ2n) is 9.50. The molecule has 1 amide bonds. The van der Waals surface area contributed by atoms with Crippen molar-refractivity contribution in [2.75, 3.05) is 13.2 Å². The lowest BCUT2D eigenvalue weighted by molar-refractivity contribution is -0.148. The average molecular weight is 454 g/mol. The fourth-order valence-electron chi connectivity index (χ4n) is 4.70. The first kappa shape index (κ1) is 28.8. The lowest BCUT2D eigenvalue weighted by atomic mass is 9.84. The van der Waals surface area contributed by atoms with Gasteiger partial charge < -0.3 is 14.8 Å². The zero-order valence-corrected chi connectivity index (χ0v) is 21.1. The first-order valence-corrected chi connectivity index (χ1v) is 13.8. The van der Waals surface area contributed by atoms with Gasteiger partial charge in [0, 0.05) is 0 Å². The van der Waals surface area contributed by atoms with E-state index in [4.69, 9.17) is 9.47 Å². The first-order chi connectivity index (χ1) is 15.7. The van der Waals surface area contributed by atoms with E-state index in [9.17, 15) is 9.59 Å². The second kappa shape index (κ2) is 20.4. The molecule has 0 bridgehead atoms. The second-order valence-corrected chi connectivity index (χ2v) is 9.50. The highest BCUT2D eigenvalue weighted by Crippen LogP contribution is 2.27. The van der Waals surface area contributed by atoms with Crippen molar-refractivity contribution in [3.8, 4) is 0 Å². The van der Waals surface area contributed by atoms with Crippen molar-refractivity contribution in [3.05, 3.63) is 0 Å². The van der Waals surface area contributed by atoms with Crippen LogP contribution in [0.15, 0.2) is 0 Å². The maximum Gasteiger partial charge on any atom is 0.407 e. The van der Waals surface area contributed by atoms with E-state index in [2.05, 4.69) is 12.2 Å². The first-order valence-electron chi connectivity index (χ1n) is 13.8. The third-order valence-corrected chi connectivity index (χ3v) is 6.67. The summed E-state index contributed by atoms with van der Waals surface area (Å²) in [6.07, 6.45) is 23.1. The van der Waals surface area contributed by atoms with Crippen LogP contribution in [0.5, 0.6) is 0 Å². The standard InChI is InChI=1S/C27H51NO4/c1-3-5-6-7-8-9-10-11-12-13-14-15-16-20-23-32-26(29)25(28-27(30)31-4-2)24-21-18-17-19-22-24/h24-25H,3-23H2,1-2H3,(H,28,30). The Bertz CT molecular complexity index is 463. The quantitative estimate of drug-likeness (QED) is 0.161. The number of amides is 1. The summed E-state index contributed by atoms with van der Waals surface area (Å²) in [5, 5.41) is 2.75. The van der Waals surface area contributed by atoms with Gasteiger partial charge in [-0.15, -0.1) is 0 Å². The molecule has 1 unspecified atom stereocenters. The molecule has 1 fully saturated rings. The molecule has 1 rings (SSSR count). The molecule has 0 radical (unpaired) electrons. The van der Waals surface area contributed by atoms with Gasteiger partial charge in [0.15, 0.2) is 0 Å². The molecule has 1 aliphatic rings. The Balaban J connectivity index is 2.04. The number of hydrogen-bond acceptors (Lipinski definition) is 4. The Morgan fingerprint density at radius 2 is 1.22 bits per heavy atom. The molecule has 1 aliphatic carbocycles. The van der Waals surface area contributed by atoms with E-state index in [1.807, 2.05) is 0 Å². The predicted molar refractivity (Wildman–Crippen MR) is 132 cm³/mol. The molecule has 0 heterocycles. The van der Waals surface area contributed by atoms with Crippen molar-refractivity contribution in [2.24, 2.45) is 5.92 Å². The van der Waals surface area contributed by atoms with Crippen LogP contribution in [-0.2, 0) is 14.3 Å². The van der Waals surface area contributed by atoms with Gasteiger partial charge in [-0.2, -0.15) is 0 Å². The summed E-state index contributed by atoms with van der Waals surface area (Å²) >= 11 is 0. The predicted octanol–water partition coefficient (Wildman–Crippen LogP) is 7.71. The normalized spacial score (nSPS) is 15.3. The van der Waals surface area contributed by atoms with Crippen LogP contribution in [0, 0.1) is 5.92 Å². The van der Waals surface area contributed by atoms with Crippen LogP contribution in [0.4, 0.5) is 4.79 Å². The molecule has 0 saturated heterocycles. The molecule has 0 spiro atoms. The van der Waals surface area contributed by atoms with E-state index < -0.39 is 12.1 Å². The Labute approximate surface area is 197 Å². The average Bonchev–Trinajstić information content (AvgIpc) is 2.80. The van der Waals surface area contributed by atoms with Gasteiger partial charge in [-0.05, 0) is 32.1 Å². The summed E-state index contributed by atoms with van der Waals surface area (Å²) in [7, 11) is 0. The number of hydrogen-bond donors (Lipinski definition) is 1. The Kier molecular flexibility index (Phi) is 18.3. The van der Waals surface area contributed by atoms with Crippen LogP contribution in [-0.4, -0.2) is 31.3 Å². The maximum absolute atomic E-state index is 12.6. The number of alkyl carbamates (subject to hydrolysis) is 1. The van der Waals surface area contributed by atoms with Crippen LogP contribution in [0.3, 0.4) is 0 Å². The van der Waals surface area contributed by atoms with Crippen LogP contribution in [0.1, 0.15) is 136 Å². The van der Waals surface area contributed by atoms with Gasteiger partial charge in [0.1, 0.15) is 6.04 Å². The molecule has 1 N–H and O–H groups in total. The minimum absolute atomic E-state index is 0.164. The van der Waals surface area contributed by atoms with Crippen molar-refractivity contribution in [2.45, 2.75) is 142 Å². The van der Waals surface area contributed by atoms with Crippen molar-refractivity contribution in [1.82, 2.24) is 5.32 Å². The van der Waals surface area contributed by atoms with E-state index in [1.165, 1.54) is 83.5 Å². The lowest BCUT2D eigenvalue weighted by Gasteiger charge is -2.29. The van der Waals surface area contributed by atoms with Crippen LogP contribution in [0.25, 0.3) is 0 Å². The summed E-state index contributed by atoms with van der Waals surface area (Å²) in [5.74, 6) is -0.128. The van der Waals surface area contributed by atoms with E-state index in [-0.39, 0.29) is 11.9 Å². The monoisotopic (exact) mass is 453 g/mol. The van der Waals surface area contributed by atoms with E-state index >= 15 is 0 Å². The molecule has 32 heavy (non-hydrogen) atoms. The van der Waals surface area contributed by atoms with Gasteiger partial charge in [-0.1, -0.05) is 110 Å². The van der Waals surface area contributed by atoms with E-state index in [1.54, 1.807) is 6.92 Å². The molecule has 5 nitrogen and oxygen atoms in total. The summed E-state index contributed by atoms with van der Waals surface area (Å²) < 4.78 is 10.5. The largest absolute Gasteiger partial charge is 0.464 e. The number of esters is 1. The van der Waals surface area contributed by atoms with E-state index in [0.717, 1.165) is 38.5 Å². The molecule has 5 heteroatoms. The van der Waals surface area contributed by atoms with Gasteiger partial charge >= 0.3 is 12.1 Å². The van der Waals surface area contributed by atoms with Crippen LogP contribution < -0.4 is 5.32 Å². The Morgan fingerprint density at radius 1 is 0.719 bits per heavy atom. The SMILES string of the molecule is CCCCCCCCCCCCCCCCOC(=O)C(NC(=O)OCC)C1CCCCC1. The molecule has 0 aromatic carbocycles. The molecule has 0 aliphatic heterocycles. The molecule has 188 valence electrons. The molecule has 1 atom stereocenters. The maximum atomic E-state index is 12.6. The topological polar surface area (TPSA) is 64.6 Å². The third kappa shape index (κ3) is 14.7. The number of rotatable bonds is 19. The third-order valence-electron chi connectivity index (χ3n) is 6.67. The molecular weight excluding hydrogens is 402 g/mol. The highest BCUT2D eigenvalue weighted by molar-refractivity contribution is 5.81. The van der Waals surface area contributed by atoms with Gasteiger partial charge in [0.2, 0.25) is 0 Å². The van der Waals surface area contributed by atoms with Crippen LogP contribution >= 0.6 is 0 Å². The summed E-state index contributed by atoms with van der Waals surface area (Å²) in [6.45, 7) is 4.79. The molecule has 1 saturated carbocycles. The Hall–Kier alpha value is -1.26. The van der Waals surface area contributed by atoms with Crippen molar-refractivity contribution in [3.63, 3.8) is 0 Å². The van der Waals surface area contributed by atoms with Gasteiger partial charge in [0.05, 0.1) is 13.2 Å². The fourth-order valence-corrected chi connectivity index (χ4v) is 4.70. The zero-order chi connectivity index (χ0) is 23.3. The number of unbranched alkanes of at least 4 members (excludes halogenated alkanes) is 13. The van der Waals surface area contributed by atoms with Gasteiger partial charge in [-0.25, -0.2) is 9.59 Å². The number of carbonyl (C=O) groups is 2. The fraction of sp³-hybridized carbons (Fsp3) is 0.926. The molecular formula is C27H51NO4. The van der Waals surface area contributed by atoms with Gasteiger partial charge in [-0.3, -0.25) is 0 Å². The summed E-state index contributed by atoms with van der Waals surface area (Å²) in [5.41, 5.74) is 0. The number of ether oxygens (including phenoxy) is 2. The minimum Gasteiger partial charge on any atom is -0.464 e. The van der Waals surface area contributed by atoms with E-state index in [0.29, 0.717) is 13.2 Å². The molecule has 0 aromatic rings. The highest BCUT2D eigenvalue weighted by atomic mass is 16.6. The number of nitrogens with one attached hydrogen (secondary N) is 1.